The number of urea groups is 1. The highest BCUT2D eigenvalue weighted by molar-refractivity contribution is 6.00. The van der Waals surface area contributed by atoms with Crippen LogP contribution in [-0.4, -0.2) is 48.4 Å². The van der Waals surface area contributed by atoms with Gasteiger partial charge in [0.15, 0.2) is 0 Å². The number of amides is 4. The lowest BCUT2D eigenvalue weighted by molar-refractivity contribution is -0.125. The van der Waals surface area contributed by atoms with E-state index in [1.807, 2.05) is 13.8 Å². The Morgan fingerprint density at radius 2 is 1.65 bits per heavy atom. The molecule has 0 bridgehead atoms. The van der Waals surface area contributed by atoms with E-state index in [9.17, 15) is 14.4 Å². The van der Waals surface area contributed by atoms with E-state index < -0.39 is 11.9 Å². The first-order valence-corrected chi connectivity index (χ1v) is 8.86. The topological polar surface area (TPSA) is 117 Å². The zero-order valence-electron chi connectivity index (χ0n) is 15.2. The zero-order valence-corrected chi connectivity index (χ0v) is 15.2. The molecule has 0 unspecified atom stereocenters. The summed E-state index contributed by atoms with van der Waals surface area (Å²) in [5.74, 6) is -0.775. The fraction of sp³-hybridized carbons (Fsp3) is 0.500. The van der Waals surface area contributed by atoms with Gasteiger partial charge in [-0.15, -0.1) is 0 Å². The van der Waals surface area contributed by atoms with Gasteiger partial charge in [0, 0.05) is 13.1 Å². The van der Waals surface area contributed by atoms with Gasteiger partial charge in [-0.3, -0.25) is 9.59 Å². The normalized spacial score (nSPS) is 14.8. The second-order valence-corrected chi connectivity index (χ2v) is 6.71. The van der Waals surface area contributed by atoms with Crippen LogP contribution in [0.25, 0.3) is 0 Å². The largest absolute Gasteiger partial charge is 0.346 e. The molecule has 2 rings (SSSR count). The highest BCUT2D eigenvalue weighted by Crippen LogP contribution is 2.22. The third-order valence-electron chi connectivity index (χ3n) is 4.28. The zero-order chi connectivity index (χ0) is 19.1. The van der Waals surface area contributed by atoms with Gasteiger partial charge in [0.25, 0.3) is 0 Å². The van der Waals surface area contributed by atoms with Crippen molar-refractivity contribution >= 4 is 29.2 Å². The van der Waals surface area contributed by atoms with Crippen LogP contribution in [0.4, 0.5) is 16.2 Å². The Morgan fingerprint density at radius 1 is 1.08 bits per heavy atom. The summed E-state index contributed by atoms with van der Waals surface area (Å²) >= 11 is 0. The maximum absolute atomic E-state index is 12.2. The molecule has 5 N–H and O–H groups in total. The van der Waals surface area contributed by atoms with Gasteiger partial charge in [0.2, 0.25) is 11.8 Å². The summed E-state index contributed by atoms with van der Waals surface area (Å²) in [7, 11) is 0. The van der Waals surface area contributed by atoms with E-state index in [4.69, 9.17) is 5.73 Å². The number of anilines is 2. The SMILES string of the molecule is CC(C)[C@H](N)C(=O)NCC(=O)Nc1ccccc1NC(=O)N1CCCC1. The summed E-state index contributed by atoms with van der Waals surface area (Å²) in [5.41, 5.74) is 6.74. The number of hydrogen-bond donors (Lipinski definition) is 4. The average molecular weight is 361 g/mol. The molecule has 1 aliphatic rings. The molecule has 8 heteroatoms. The Bertz CT molecular complexity index is 656. The molecule has 0 spiro atoms. The summed E-state index contributed by atoms with van der Waals surface area (Å²) in [6, 6.07) is 6.11. The molecule has 142 valence electrons. The average Bonchev–Trinajstić information content (AvgIpc) is 3.15. The van der Waals surface area contributed by atoms with Crippen molar-refractivity contribution < 1.29 is 14.4 Å². The second kappa shape index (κ2) is 9.19. The summed E-state index contributed by atoms with van der Waals surface area (Å²) < 4.78 is 0. The summed E-state index contributed by atoms with van der Waals surface area (Å²) in [5, 5.41) is 8.04. The van der Waals surface area contributed by atoms with Gasteiger partial charge in [0.05, 0.1) is 24.0 Å². The van der Waals surface area contributed by atoms with Crippen LogP contribution in [0.15, 0.2) is 24.3 Å². The summed E-state index contributed by atoms with van der Waals surface area (Å²) in [6.07, 6.45) is 2.01. The number of nitrogens with one attached hydrogen (secondary N) is 3. The predicted molar refractivity (Wildman–Crippen MR) is 101 cm³/mol. The first-order chi connectivity index (χ1) is 12.4. The number of hydrogen-bond acceptors (Lipinski definition) is 4. The van der Waals surface area contributed by atoms with Crippen molar-refractivity contribution in [3.63, 3.8) is 0 Å². The van der Waals surface area contributed by atoms with E-state index >= 15 is 0 Å². The standard InChI is InChI=1S/C18H27N5O3/c1-12(2)16(19)17(25)20-11-15(24)21-13-7-3-4-8-14(13)22-18(26)23-9-5-6-10-23/h3-4,7-8,12,16H,5-6,9-11,19H2,1-2H3,(H,20,25)(H,21,24)(H,22,26)/t16-/m0/s1. The van der Waals surface area contributed by atoms with E-state index in [-0.39, 0.29) is 24.4 Å². The van der Waals surface area contributed by atoms with E-state index in [2.05, 4.69) is 16.0 Å². The van der Waals surface area contributed by atoms with Crippen LogP contribution in [0.2, 0.25) is 0 Å². The minimum Gasteiger partial charge on any atom is -0.346 e. The molecule has 1 fully saturated rings. The second-order valence-electron chi connectivity index (χ2n) is 6.71. The Kier molecular flexibility index (Phi) is 6.97. The van der Waals surface area contributed by atoms with Crippen LogP contribution in [-0.2, 0) is 9.59 Å². The van der Waals surface area contributed by atoms with Gasteiger partial charge in [-0.1, -0.05) is 26.0 Å². The molecule has 0 aliphatic carbocycles. The maximum Gasteiger partial charge on any atom is 0.321 e. The van der Waals surface area contributed by atoms with Crippen LogP contribution in [0.1, 0.15) is 26.7 Å². The van der Waals surface area contributed by atoms with Crippen LogP contribution in [0.5, 0.6) is 0 Å². The van der Waals surface area contributed by atoms with Crippen LogP contribution in [0, 0.1) is 5.92 Å². The van der Waals surface area contributed by atoms with E-state index in [0.29, 0.717) is 11.4 Å². The Labute approximate surface area is 153 Å². The lowest BCUT2D eigenvalue weighted by atomic mass is 10.1. The van der Waals surface area contributed by atoms with Gasteiger partial charge in [-0.25, -0.2) is 4.79 Å². The quantitative estimate of drug-likeness (QED) is 0.612. The first kappa shape index (κ1) is 19.7. The molecule has 1 heterocycles. The fourth-order valence-corrected chi connectivity index (χ4v) is 2.60. The van der Waals surface area contributed by atoms with Crippen molar-refractivity contribution in [2.24, 2.45) is 11.7 Å². The Balaban J connectivity index is 1.91. The monoisotopic (exact) mass is 361 g/mol. The molecule has 1 aliphatic heterocycles. The highest BCUT2D eigenvalue weighted by atomic mass is 16.2. The fourth-order valence-electron chi connectivity index (χ4n) is 2.60. The van der Waals surface area contributed by atoms with Gasteiger partial charge < -0.3 is 26.6 Å². The van der Waals surface area contributed by atoms with Crippen molar-refractivity contribution in [2.75, 3.05) is 30.3 Å². The Hall–Kier alpha value is -2.61. The predicted octanol–water partition coefficient (Wildman–Crippen LogP) is 1.35. The molecule has 0 aromatic heterocycles. The smallest absolute Gasteiger partial charge is 0.321 e. The molecule has 1 atom stereocenters. The van der Waals surface area contributed by atoms with Crippen molar-refractivity contribution in [3.8, 4) is 0 Å². The molecule has 0 radical (unpaired) electrons. The van der Waals surface area contributed by atoms with Crippen LogP contribution < -0.4 is 21.7 Å². The van der Waals surface area contributed by atoms with Gasteiger partial charge >= 0.3 is 6.03 Å². The highest BCUT2D eigenvalue weighted by Gasteiger charge is 2.20. The number of para-hydroxylation sites is 2. The number of nitrogens with zero attached hydrogens (tertiary/aromatic N) is 1. The minimum absolute atomic E-state index is 0.0143. The minimum atomic E-state index is -0.658. The molecular formula is C18H27N5O3. The number of likely N-dealkylation sites (tertiary alicyclic amines) is 1. The van der Waals surface area contributed by atoms with Crippen molar-refractivity contribution in [3.05, 3.63) is 24.3 Å². The lowest BCUT2D eigenvalue weighted by Gasteiger charge is -2.18. The molecule has 26 heavy (non-hydrogen) atoms. The number of rotatable bonds is 6. The first-order valence-electron chi connectivity index (χ1n) is 8.86. The number of benzene rings is 1. The van der Waals surface area contributed by atoms with Crippen LogP contribution >= 0.6 is 0 Å². The summed E-state index contributed by atoms with van der Waals surface area (Å²) in [4.78, 5) is 37.9. The number of carbonyl (C=O) groups is 3. The molecular weight excluding hydrogens is 334 g/mol. The molecule has 1 saturated heterocycles. The van der Waals surface area contributed by atoms with E-state index in [1.165, 1.54) is 0 Å². The van der Waals surface area contributed by atoms with Gasteiger partial charge in [0.1, 0.15) is 0 Å². The number of carbonyl (C=O) groups excluding carboxylic acids is 3. The summed E-state index contributed by atoms with van der Waals surface area (Å²) in [6.45, 7) is 4.96. The number of nitrogens with two attached hydrogens (primary N) is 1. The molecule has 1 aromatic rings. The van der Waals surface area contributed by atoms with Crippen molar-refractivity contribution in [2.45, 2.75) is 32.7 Å². The maximum atomic E-state index is 12.2. The van der Waals surface area contributed by atoms with Gasteiger partial charge in [-0.05, 0) is 30.9 Å². The molecule has 0 saturated carbocycles. The lowest BCUT2D eigenvalue weighted by Crippen LogP contribution is -2.46. The third kappa shape index (κ3) is 5.45. The van der Waals surface area contributed by atoms with Crippen molar-refractivity contribution in [1.82, 2.24) is 10.2 Å². The Morgan fingerprint density at radius 3 is 2.23 bits per heavy atom. The molecule has 4 amide bonds. The van der Waals surface area contributed by atoms with Gasteiger partial charge in [-0.2, -0.15) is 0 Å². The third-order valence-corrected chi connectivity index (χ3v) is 4.28. The molecule has 8 nitrogen and oxygen atoms in total. The van der Waals surface area contributed by atoms with E-state index in [1.54, 1.807) is 29.2 Å². The van der Waals surface area contributed by atoms with Crippen LogP contribution in [0.3, 0.4) is 0 Å². The van der Waals surface area contributed by atoms with E-state index in [0.717, 1.165) is 25.9 Å². The molecule has 1 aromatic carbocycles. The van der Waals surface area contributed by atoms with Crippen molar-refractivity contribution in [1.29, 1.82) is 0 Å².